The largest absolute Gasteiger partial charge is 0.478 e. The van der Waals surface area contributed by atoms with Crippen molar-refractivity contribution < 1.29 is 19.4 Å². The van der Waals surface area contributed by atoms with E-state index in [1.807, 2.05) is 66.7 Å². The van der Waals surface area contributed by atoms with Gasteiger partial charge in [-0.3, -0.25) is 5.32 Å². The molecule has 0 atom stereocenters. The topological polar surface area (TPSA) is 75.6 Å². The molecule has 0 aromatic heterocycles. The van der Waals surface area contributed by atoms with Crippen molar-refractivity contribution in [1.82, 2.24) is 0 Å². The Kier molecular flexibility index (Phi) is 5.37. The van der Waals surface area contributed by atoms with Crippen LogP contribution in [-0.2, 0) is 4.74 Å². The van der Waals surface area contributed by atoms with Gasteiger partial charge in [-0.05, 0) is 45.5 Å². The molecule has 0 unspecified atom stereocenters. The molecule has 5 nitrogen and oxygen atoms in total. The number of hydrogen-bond acceptors (Lipinski definition) is 3. The number of carbonyl (C=O) groups is 2. The van der Waals surface area contributed by atoms with Crippen molar-refractivity contribution in [3.8, 4) is 22.3 Å². The van der Waals surface area contributed by atoms with Crippen LogP contribution in [-0.4, -0.2) is 23.8 Å². The second-order valence-electron chi connectivity index (χ2n) is 7.88. The SMILES string of the molecule is O=C(Nc1ccc(-c2ccccc2)cc1C(=O)O)OCC1c2ccccc2-c2ccccc21. The summed E-state index contributed by atoms with van der Waals surface area (Å²) in [5, 5.41) is 12.3. The quantitative estimate of drug-likeness (QED) is 0.380. The summed E-state index contributed by atoms with van der Waals surface area (Å²) < 4.78 is 5.55. The average molecular weight is 435 g/mol. The molecule has 4 aromatic rings. The average Bonchev–Trinajstić information content (AvgIpc) is 3.17. The Labute approximate surface area is 191 Å². The lowest BCUT2D eigenvalue weighted by molar-refractivity contribution is 0.0698. The van der Waals surface area contributed by atoms with Gasteiger partial charge in [0.2, 0.25) is 0 Å². The predicted molar refractivity (Wildman–Crippen MR) is 128 cm³/mol. The minimum absolute atomic E-state index is 0.00450. The van der Waals surface area contributed by atoms with Gasteiger partial charge < -0.3 is 9.84 Å². The minimum atomic E-state index is -1.12. The van der Waals surface area contributed by atoms with E-state index >= 15 is 0 Å². The number of ether oxygens (including phenoxy) is 1. The van der Waals surface area contributed by atoms with E-state index in [2.05, 4.69) is 17.4 Å². The fourth-order valence-corrected chi connectivity index (χ4v) is 4.38. The summed E-state index contributed by atoms with van der Waals surface area (Å²) in [7, 11) is 0. The zero-order valence-corrected chi connectivity index (χ0v) is 17.7. The van der Waals surface area contributed by atoms with Crippen LogP contribution in [0.2, 0.25) is 0 Å². The number of aromatic carboxylic acids is 1. The summed E-state index contributed by atoms with van der Waals surface area (Å²) in [6.45, 7) is 0.157. The van der Waals surface area contributed by atoms with E-state index in [4.69, 9.17) is 4.74 Å². The molecule has 4 aromatic carbocycles. The number of carboxylic acid groups (broad SMARTS) is 1. The number of carboxylic acids is 1. The van der Waals surface area contributed by atoms with E-state index in [1.165, 1.54) is 0 Å². The maximum absolute atomic E-state index is 12.6. The fourth-order valence-electron chi connectivity index (χ4n) is 4.38. The first-order valence-electron chi connectivity index (χ1n) is 10.7. The standard InChI is InChI=1S/C28H21NO4/c30-27(31)24-16-19(18-8-2-1-3-9-18)14-15-26(24)29-28(32)33-17-25-22-12-6-4-10-20(22)21-11-5-7-13-23(21)25/h1-16,25H,17H2,(H,29,32)(H,30,31). The molecule has 1 aliphatic rings. The molecule has 0 radical (unpaired) electrons. The van der Waals surface area contributed by atoms with Gasteiger partial charge in [-0.1, -0.05) is 84.9 Å². The summed E-state index contributed by atoms with van der Waals surface area (Å²) >= 11 is 0. The van der Waals surface area contributed by atoms with E-state index in [1.54, 1.807) is 18.2 Å². The lowest BCUT2D eigenvalue weighted by Crippen LogP contribution is -2.19. The Hall–Kier alpha value is -4.38. The van der Waals surface area contributed by atoms with Crippen LogP contribution in [0.4, 0.5) is 10.5 Å². The minimum Gasteiger partial charge on any atom is -0.478 e. The van der Waals surface area contributed by atoms with Gasteiger partial charge in [0, 0.05) is 5.92 Å². The van der Waals surface area contributed by atoms with Crippen LogP contribution in [0.1, 0.15) is 27.4 Å². The van der Waals surface area contributed by atoms with Crippen LogP contribution in [0.3, 0.4) is 0 Å². The van der Waals surface area contributed by atoms with Crippen LogP contribution < -0.4 is 5.32 Å². The number of anilines is 1. The summed E-state index contributed by atoms with van der Waals surface area (Å²) in [6, 6.07) is 30.6. The van der Waals surface area contributed by atoms with Crippen LogP contribution >= 0.6 is 0 Å². The lowest BCUT2D eigenvalue weighted by atomic mass is 9.98. The van der Waals surface area contributed by atoms with Gasteiger partial charge in [-0.15, -0.1) is 0 Å². The van der Waals surface area contributed by atoms with Crippen LogP contribution in [0.15, 0.2) is 97.1 Å². The van der Waals surface area contributed by atoms with Crippen LogP contribution in [0, 0.1) is 0 Å². The lowest BCUT2D eigenvalue weighted by Gasteiger charge is -2.15. The molecule has 33 heavy (non-hydrogen) atoms. The number of amides is 1. The summed E-state index contributed by atoms with van der Waals surface area (Å²) in [4.78, 5) is 24.4. The highest BCUT2D eigenvalue weighted by atomic mass is 16.5. The Balaban J connectivity index is 1.33. The molecule has 0 saturated heterocycles. The molecule has 1 aliphatic carbocycles. The van der Waals surface area contributed by atoms with Gasteiger partial charge >= 0.3 is 12.1 Å². The van der Waals surface area contributed by atoms with Crippen LogP contribution in [0.5, 0.6) is 0 Å². The maximum Gasteiger partial charge on any atom is 0.411 e. The van der Waals surface area contributed by atoms with Gasteiger partial charge in [-0.2, -0.15) is 0 Å². The van der Waals surface area contributed by atoms with Gasteiger partial charge in [0.1, 0.15) is 6.61 Å². The molecule has 0 aliphatic heterocycles. The second-order valence-corrected chi connectivity index (χ2v) is 7.88. The third-order valence-corrected chi connectivity index (χ3v) is 5.94. The Morgan fingerprint density at radius 1 is 0.758 bits per heavy atom. The number of rotatable bonds is 5. The van der Waals surface area contributed by atoms with Gasteiger partial charge in [-0.25, -0.2) is 9.59 Å². The van der Waals surface area contributed by atoms with E-state index in [0.717, 1.165) is 33.4 Å². The van der Waals surface area contributed by atoms with Crippen molar-refractivity contribution in [3.05, 3.63) is 114 Å². The monoisotopic (exact) mass is 435 g/mol. The highest BCUT2D eigenvalue weighted by Crippen LogP contribution is 2.44. The molecular weight excluding hydrogens is 414 g/mol. The summed E-state index contributed by atoms with van der Waals surface area (Å²) in [5.41, 5.74) is 6.37. The zero-order chi connectivity index (χ0) is 22.8. The zero-order valence-electron chi connectivity index (χ0n) is 17.7. The van der Waals surface area contributed by atoms with Crippen molar-refractivity contribution in [3.63, 3.8) is 0 Å². The van der Waals surface area contributed by atoms with E-state index < -0.39 is 12.1 Å². The van der Waals surface area contributed by atoms with Crippen molar-refractivity contribution in [2.24, 2.45) is 0 Å². The van der Waals surface area contributed by atoms with Crippen molar-refractivity contribution in [2.75, 3.05) is 11.9 Å². The van der Waals surface area contributed by atoms with Gasteiger partial charge in [0.15, 0.2) is 0 Å². The molecule has 0 heterocycles. The molecule has 1 amide bonds. The first-order chi connectivity index (χ1) is 16.1. The predicted octanol–water partition coefficient (Wildman–Crippen LogP) is 6.41. The molecule has 5 rings (SSSR count). The number of fused-ring (bicyclic) bond motifs is 3. The highest BCUT2D eigenvalue weighted by Gasteiger charge is 2.29. The molecule has 5 heteroatoms. The highest BCUT2D eigenvalue weighted by molar-refractivity contribution is 6.00. The fraction of sp³-hybridized carbons (Fsp3) is 0.0714. The van der Waals surface area contributed by atoms with Gasteiger partial charge in [0.25, 0.3) is 0 Å². The Morgan fingerprint density at radius 2 is 1.36 bits per heavy atom. The molecule has 2 N–H and O–H groups in total. The Morgan fingerprint density at radius 3 is 2.00 bits per heavy atom. The van der Waals surface area contributed by atoms with Gasteiger partial charge in [0.05, 0.1) is 11.3 Å². The molecule has 0 bridgehead atoms. The molecule has 162 valence electrons. The molecular formula is C28H21NO4. The third kappa shape index (κ3) is 3.96. The second kappa shape index (κ2) is 8.63. The van der Waals surface area contributed by atoms with Crippen molar-refractivity contribution in [2.45, 2.75) is 5.92 Å². The first kappa shape index (κ1) is 20.5. The maximum atomic E-state index is 12.6. The van der Waals surface area contributed by atoms with Crippen LogP contribution in [0.25, 0.3) is 22.3 Å². The normalized spacial score (nSPS) is 12.0. The smallest absolute Gasteiger partial charge is 0.411 e. The number of hydrogen-bond donors (Lipinski definition) is 2. The number of carbonyl (C=O) groups excluding carboxylic acids is 1. The van der Waals surface area contributed by atoms with E-state index in [-0.39, 0.29) is 23.8 Å². The van der Waals surface area contributed by atoms with Crippen molar-refractivity contribution >= 4 is 17.7 Å². The molecule has 0 saturated carbocycles. The van der Waals surface area contributed by atoms with E-state index in [0.29, 0.717) is 0 Å². The number of benzene rings is 4. The third-order valence-electron chi connectivity index (χ3n) is 5.94. The molecule has 0 fully saturated rings. The van der Waals surface area contributed by atoms with Crippen molar-refractivity contribution in [1.29, 1.82) is 0 Å². The molecule has 0 spiro atoms. The summed E-state index contributed by atoms with van der Waals surface area (Å²) in [5.74, 6) is -1.19. The van der Waals surface area contributed by atoms with E-state index in [9.17, 15) is 14.7 Å². The summed E-state index contributed by atoms with van der Waals surface area (Å²) in [6.07, 6.45) is -0.688. The first-order valence-corrected chi connectivity index (χ1v) is 10.7. The Bertz CT molecular complexity index is 1300. The number of nitrogens with one attached hydrogen (secondary N) is 1.